The molecule has 0 unspecified atom stereocenters. The van der Waals surface area contributed by atoms with Gasteiger partial charge in [-0.2, -0.15) is 0 Å². The first-order valence-corrected chi connectivity index (χ1v) is 11.3. The summed E-state index contributed by atoms with van der Waals surface area (Å²) in [5, 5.41) is 2.91. The molecule has 0 saturated carbocycles. The largest absolute Gasteiger partial charge is 0.467 e. The number of likely N-dealkylation sites (N-methyl/N-ethyl adjacent to an activating group) is 1. The number of benzene rings is 2. The van der Waals surface area contributed by atoms with Crippen LogP contribution in [0.1, 0.15) is 42.4 Å². The standard InChI is InChI=1S/C26H26N4O4/c1-17-14-19(6-8-23(17)29-11-9-28(2)10-12-29)27-24(31)18-5-7-21-22(15-18)26(33)30(25(21)32)16-20-4-3-13-34-20/h3-8,13-15H,9-12,16H2,1-2H3,(H,27,31). The van der Waals surface area contributed by atoms with E-state index in [4.69, 9.17) is 4.42 Å². The molecule has 0 atom stereocenters. The van der Waals surface area contributed by atoms with Gasteiger partial charge in [-0.3, -0.25) is 19.3 Å². The molecule has 5 rings (SSSR count). The van der Waals surface area contributed by atoms with Crippen LogP contribution in [0.5, 0.6) is 0 Å². The number of nitrogens with one attached hydrogen (secondary N) is 1. The number of furan rings is 1. The summed E-state index contributed by atoms with van der Waals surface area (Å²) in [6, 6.07) is 13.9. The Bertz CT molecular complexity index is 1260. The molecule has 2 aromatic carbocycles. The van der Waals surface area contributed by atoms with E-state index in [0.717, 1.165) is 36.6 Å². The summed E-state index contributed by atoms with van der Waals surface area (Å²) in [4.78, 5) is 44.2. The minimum Gasteiger partial charge on any atom is -0.467 e. The van der Waals surface area contributed by atoms with Crippen LogP contribution in [0, 0.1) is 6.92 Å². The van der Waals surface area contributed by atoms with Crippen LogP contribution in [0.3, 0.4) is 0 Å². The van der Waals surface area contributed by atoms with Crippen LogP contribution in [0.25, 0.3) is 0 Å². The number of hydrogen-bond acceptors (Lipinski definition) is 6. The van der Waals surface area contributed by atoms with Crippen LogP contribution in [0.15, 0.2) is 59.2 Å². The summed E-state index contributed by atoms with van der Waals surface area (Å²) in [6.07, 6.45) is 1.50. The highest BCUT2D eigenvalue weighted by molar-refractivity contribution is 6.22. The zero-order valence-corrected chi connectivity index (χ0v) is 19.2. The number of carbonyl (C=O) groups is 3. The highest BCUT2D eigenvalue weighted by Crippen LogP contribution is 2.27. The average molecular weight is 459 g/mol. The van der Waals surface area contributed by atoms with Gasteiger partial charge >= 0.3 is 0 Å². The lowest BCUT2D eigenvalue weighted by atomic mass is 10.0. The summed E-state index contributed by atoms with van der Waals surface area (Å²) in [7, 11) is 2.13. The SMILES string of the molecule is Cc1cc(NC(=O)c2ccc3c(c2)C(=O)N(Cc2ccco2)C3=O)ccc1N1CCN(C)CC1. The maximum Gasteiger partial charge on any atom is 0.261 e. The Morgan fingerprint density at radius 2 is 1.74 bits per heavy atom. The molecule has 0 aliphatic carbocycles. The third-order valence-electron chi connectivity index (χ3n) is 6.43. The predicted octanol–water partition coefficient (Wildman–Crippen LogP) is 3.39. The number of hydrogen-bond donors (Lipinski definition) is 1. The number of aryl methyl sites for hydroxylation is 1. The maximum atomic E-state index is 12.9. The minimum atomic E-state index is -0.432. The number of imide groups is 1. The van der Waals surface area contributed by atoms with Crippen LogP contribution in [0.4, 0.5) is 11.4 Å². The van der Waals surface area contributed by atoms with E-state index in [1.807, 2.05) is 25.1 Å². The molecule has 8 nitrogen and oxygen atoms in total. The summed E-state index contributed by atoms with van der Waals surface area (Å²) < 4.78 is 5.27. The molecule has 2 aliphatic heterocycles. The van der Waals surface area contributed by atoms with E-state index in [0.29, 0.717) is 22.6 Å². The van der Waals surface area contributed by atoms with Crippen LogP contribution < -0.4 is 10.2 Å². The topological polar surface area (TPSA) is 86.1 Å². The smallest absolute Gasteiger partial charge is 0.261 e. The number of amides is 3. The van der Waals surface area contributed by atoms with E-state index < -0.39 is 11.8 Å². The van der Waals surface area contributed by atoms with Crippen molar-refractivity contribution in [2.24, 2.45) is 0 Å². The normalized spacial score (nSPS) is 16.2. The molecule has 1 saturated heterocycles. The lowest BCUT2D eigenvalue weighted by Crippen LogP contribution is -2.44. The summed E-state index contributed by atoms with van der Waals surface area (Å²) in [5.74, 6) is -0.640. The van der Waals surface area contributed by atoms with Crippen LogP contribution in [0.2, 0.25) is 0 Å². The summed E-state index contributed by atoms with van der Waals surface area (Å²) >= 11 is 0. The molecule has 3 amide bonds. The van der Waals surface area contributed by atoms with Gasteiger partial charge < -0.3 is 19.5 Å². The molecule has 0 bridgehead atoms. The maximum absolute atomic E-state index is 12.9. The van der Waals surface area contributed by atoms with E-state index in [1.165, 1.54) is 24.1 Å². The highest BCUT2D eigenvalue weighted by Gasteiger charge is 2.36. The monoisotopic (exact) mass is 458 g/mol. The second-order valence-electron chi connectivity index (χ2n) is 8.78. The van der Waals surface area contributed by atoms with Crippen molar-refractivity contribution in [1.82, 2.24) is 9.80 Å². The van der Waals surface area contributed by atoms with Crippen molar-refractivity contribution in [2.75, 3.05) is 43.4 Å². The number of fused-ring (bicyclic) bond motifs is 1. The first-order chi connectivity index (χ1) is 16.4. The predicted molar refractivity (Wildman–Crippen MR) is 128 cm³/mol. The molecular formula is C26H26N4O4. The molecule has 34 heavy (non-hydrogen) atoms. The lowest BCUT2D eigenvalue weighted by Gasteiger charge is -2.35. The molecule has 1 fully saturated rings. The average Bonchev–Trinajstić information content (AvgIpc) is 3.43. The molecule has 0 radical (unpaired) electrons. The van der Waals surface area contributed by atoms with Crippen molar-refractivity contribution in [1.29, 1.82) is 0 Å². The molecule has 174 valence electrons. The van der Waals surface area contributed by atoms with Crippen molar-refractivity contribution in [3.05, 3.63) is 82.8 Å². The van der Waals surface area contributed by atoms with Crippen molar-refractivity contribution in [3.8, 4) is 0 Å². The van der Waals surface area contributed by atoms with Gasteiger partial charge in [0.25, 0.3) is 17.7 Å². The molecule has 2 aliphatic rings. The van der Waals surface area contributed by atoms with Crippen molar-refractivity contribution >= 4 is 29.1 Å². The first-order valence-electron chi connectivity index (χ1n) is 11.3. The Hall–Kier alpha value is -3.91. The third-order valence-corrected chi connectivity index (χ3v) is 6.43. The Labute approximate surface area is 197 Å². The number of piperazine rings is 1. The van der Waals surface area contributed by atoms with Crippen LogP contribution in [-0.2, 0) is 6.54 Å². The van der Waals surface area contributed by atoms with E-state index in [9.17, 15) is 14.4 Å². The van der Waals surface area contributed by atoms with Gasteiger partial charge in [0.05, 0.1) is 23.9 Å². The number of rotatable bonds is 5. The highest BCUT2D eigenvalue weighted by atomic mass is 16.3. The van der Waals surface area contributed by atoms with Crippen LogP contribution >= 0.6 is 0 Å². The molecule has 1 N–H and O–H groups in total. The molecule has 1 aromatic heterocycles. The molecule has 8 heteroatoms. The van der Waals surface area contributed by atoms with E-state index >= 15 is 0 Å². The Morgan fingerprint density at radius 3 is 2.44 bits per heavy atom. The Kier molecular flexibility index (Phi) is 5.67. The van der Waals surface area contributed by atoms with Crippen LogP contribution in [-0.4, -0.2) is 60.7 Å². The van der Waals surface area contributed by atoms with E-state index in [2.05, 4.69) is 22.2 Å². The first kappa shape index (κ1) is 21.9. The van der Waals surface area contributed by atoms with Gasteiger partial charge in [-0.1, -0.05) is 0 Å². The summed E-state index contributed by atoms with van der Waals surface area (Å²) in [6.45, 7) is 6.09. The Balaban J connectivity index is 1.30. The summed E-state index contributed by atoms with van der Waals surface area (Å²) in [5.41, 5.74) is 3.78. The van der Waals surface area contributed by atoms with Gasteiger partial charge in [0.15, 0.2) is 0 Å². The third kappa shape index (κ3) is 4.08. The lowest BCUT2D eigenvalue weighted by molar-refractivity contribution is 0.0631. The molecule has 3 heterocycles. The molecule has 3 aromatic rings. The van der Waals surface area contributed by atoms with Gasteiger partial charge in [-0.25, -0.2) is 0 Å². The van der Waals surface area contributed by atoms with Gasteiger partial charge in [0.2, 0.25) is 0 Å². The molecular weight excluding hydrogens is 432 g/mol. The molecule has 0 spiro atoms. The second kappa shape index (κ2) is 8.79. The van der Waals surface area contributed by atoms with E-state index in [-0.39, 0.29) is 18.0 Å². The number of nitrogens with zero attached hydrogens (tertiary/aromatic N) is 3. The Morgan fingerprint density at radius 1 is 0.971 bits per heavy atom. The second-order valence-corrected chi connectivity index (χ2v) is 8.78. The minimum absolute atomic E-state index is 0.0554. The van der Waals surface area contributed by atoms with Gasteiger partial charge in [0.1, 0.15) is 5.76 Å². The zero-order valence-electron chi connectivity index (χ0n) is 19.2. The number of anilines is 2. The van der Waals surface area contributed by atoms with Gasteiger partial charge in [-0.05, 0) is 68.1 Å². The van der Waals surface area contributed by atoms with Crippen molar-refractivity contribution < 1.29 is 18.8 Å². The van der Waals surface area contributed by atoms with E-state index in [1.54, 1.807) is 18.2 Å². The van der Waals surface area contributed by atoms with Crippen molar-refractivity contribution in [2.45, 2.75) is 13.5 Å². The van der Waals surface area contributed by atoms with Gasteiger partial charge in [-0.15, -0.1) is 0 Å². The number of carbonyl (C=O) groups excluding carboxylic acids is 3. The van der Waals surface area contributed by atoms with Crippen molar-refractivity contribution in [3.63, 3.8) is 0 Å². The quantitative estimate of drug-likeness (QED) is 0.590. The fraction of sp³-hybridized carbons (Fsp3) is 0.269. The fourth-order valence-electron chi connectivity index (χ4n) is 4.47. The fourth-order valence-corrected chi connectivity index (χ4v) is 4.47. The van der Waals surface area contributed by atoms with Gasteiger partial charge in [0, 0.05) is 43.1 Å². The zero-order chi connectivity index (χ0) is 23.8.